The highest BCUT2D eigenvalue weighted by molar-refractivity contribution is 5.93. The summed E-state index contributed by atoms with van der Waals surface area (Å²) in [4.78, 5) is 18.5. The smallest absolute Gasteiger partial charge is 0.451 e. The summed E-state index contributed by atoms with van der Waals surface area (Å²) in [6.07, 6.45) is -4.69. The Morgan fingerprint density at radius 2 is 1.85 bits per heavy atom. The second kappa shape index (κ2) is 7.10. The van der Waals surface area contributed by atoms with Gasteiger partial charge in [0.15, 0.2) is 0 Å². The first-order chi connectivity index (χ1) is 12.8. The minimum atomic E-state index is -4.69. The molecule has 6 nitrogen and oxygen atoms in total. The lowest BCUT2D eigenvalue weighted by Crippen LogP contribution is -2.13. The molecule has 1 heterocycles. The third kappa shape index (κ3) is 4.08. The quantitative estimate of drug-likeness (QED) is 0.708. The minimum Gasteiger partial charge on any atom is -0.495 e. The molecule has 0 fully saturated rings. The third-order valence-corrected chi connectivity index (χ3v) is 3.63. The SMILES string of the molecule is COc1ccc(NC(C)=O)cc1Nc1nc(C(F)(F)F)nc2ccccc12. The van der Waals surface area contributed by atoms with Crippen molar-refractivity contribution >= 4 is 34.0 Å². The number of ether oxygens (including phenoxy) is 1. The maximum atomic E-state index is 13.2. The summed E-state index contributed by atoms with van der Waals surface area (Å²) in [7, 11) is 1.43. The van der Waals surface area contributed by atoms with Crippen molar-refractivity contribution in [1.29, 1.82) is 0 Å². The lowest BCUT2D eigenvalue weighted by molar-refractivity contribution is -0.144. The lowest BCUT2D eigenvalue weighted by Gasteiger charge is -2.15. The van der Waals surface area contributed by atoms with Crippen molar-refractivity contribution in [2.45, 2.75) is 13.1 Å². The number of methoxy groups -OCH3 is 1. The molecule has 2 N–H and O–H groups in total. The summed E-state index contributed by atoms with van der Waals surface area (Å²) < 4.78 is 44.7. The van der Waals surface area contributed by atoms with Gasteiger partial charge in [-0.05, 0) is 30.3 Å². The topological polar surface area (TPSA) is 76.1 Å². The number of benzene rings is 2. The molecule has 0 unspecified atom stereocenters. The highest BCUT2D eigenvalue weighted by atomic mass is 19.4. The Labute approximate surface area is 152 Å². The van der Waals surface area contributed by atoms with Crippen LogP contribution in [0.2, 0.25) is 0 Å². The van der Waals surface area contributed by atoms with Crippen LogP contribution in [0.4, 0.5) is 30.4 Å². The number of alkyl halides is 3. The van der Waals surface area contributed by atoms with Crippen LogP contribution in [0.5, 0.6) is 5.75 Å². The molecule has 0 saturated carbocycles. The first-order valence-electron chi connectivity index (χ1n) is 7.84. The number of amides is 1. The molecule has 1 amide bonds. The van der Waals surface area contributed by atoms with Gasteiger partial charge in [-0.15, -0.1) is 0 Å². The average Bonchev–Trinajstić information content (AvgIpc) is 2.60. The number of nitrogens with one attached hydrogen (secondary N) is 2. The maximum Gasteiger partial charge on any atom is 0.451 e. The van der Waals surface area contributed by atoms with E-state index in [-0.39, 0.29) is 17.2 Å². The van der Waals surface area contributed by atoms with E-state index in [1.807, 2.05) is 0 Å². The molecule has 0 saturated heterocycles. The van der Waals surface area contributed by atoms with Crippen LogP contribution in [-0.2, 0) is 11.0 Å². The number of carbonyl (C=O) groups is 1. The van der Waals surface area contributed by atoms with E-state index in [0.717, 1.165) is 0 Å². The van der Waals surface area contributed by atoms with Crippen molar-refractivity contribution in [2.75, 3.05) is 17.7 Å². The fourth-order valence-electron chi connectivity index (χ4n) is 2.51. The zero-order valence-electron chi connectivity index (χ0n) is 14.4. The molecular weight excluding hydrogens is 361 g/mol. The third-order valence-electron chi connectivity index (χ3n) is 3.63. The zero-order valence-corrected chi connectivity index (χ0v) is 14.4. The summed E-state index contributed by atoms with van der Waals surface area (Å²) in [6.45, 7) is 1.35. The number of aromatic nitrogens is 2. The van der Waals surface area contributed by atoms with Gasteiger partial charge >= 0.3 is 6.18 Å². The number of anilines is 3. The van der Waals surface area contributed by atoms with Crippen LogP contribution in [-0.4, -0.2) is 23.0 Å². The van der Waals surface area contributed by atoms with E-state index < -0.39 is 12.0 Å². The van der Waals surface area contributed by atoms with Crippen molar-refractivity contribution in [2.24, 2.45) is 0 Å². The fourth-order valence-corrected chi connectivity index (χ4v) is 2.51. The van der Waals surface area contributed by atoms with Crippen molar-refractivity contribution in [3.63, 3.8) is 0 Å². The van der Waals surface area contributed by atoms with Gasteiger partial charge in [0.2, 0.25) is 11.7 Å². The summed E-state index contributed by atoms with van der Waals surface area (Å²) in [5.74, 6) is -1.18. The van der Waals surface area contributed by atoms with E-state index in [9.17, 15) is 18.0 Å². The largest absolute Gasteiger partial charge is 0.495 e. The molecule has 0 radical (unpaired) electrons. The number of fused-ring (bicyclic) bond motifs is 1. The monoisotopic (exact) mass is 376 g/mol. The van der Waals surface area contributed by atoms with Crippen LogP contribution >= 0.6 is 0 Å². The van der Waals surface area contributed by atoms with Crippen LogP contribution in [0.25, 0.3) is 10.9 Å². The Morgan fingerprint density at radius 1 is 1.11 bits per heavy atom. The number of nitrogens with zero attached hydrogens (tertiary/aromatic N) is 2. The summed E-state index contributed by atoms with van der Waals surface area (Å²) in [5.41, 5.74) is 0.959. The normalized spacial score (nSPS) is 11.3. The Balaban J connectivity index is 2.12. The van der Waals surface area contributed by atoms with Crippen LogP contribution in [0.3, 0.4) is 0 Å². The number of hydrogen-bond donors (Lipinski definition) is 2. The van der Waals surface area contributed by atoms with Crippen LogP contribution in [0, 0.1) is 0 Å². The van der Waals surface area contributed by atoms with E-state index in [2.05, 4.69) is 20.6 Å². The highest BCUT2D eigenvalue weighted by Crippen LogP contribution is 2.34. The van der Waals surface area contributed by atoms with Gasteiger partial charge in [0.25, 0.3) is 0 Å². The molecule has 0 aliphatic carbocycles. The van der Waals surface area contributed by atoms with Crippen LogP contribution in [0.15, 0.2) is 42.5 Å². The van der Waals surface area contributed by atoms with E-state index in [1.165, 1.54) is 20.1 Å². The van der Waals surface area contributed by atoms with Gasteiger partial charge in [-0.2, -0.15) is 13.2 Å². The molecule has 27 heavy (non-hydrogen) atoms. The summed E-state index contributed by atoms with van der Waals surface area (Å²) >= 11 is 0. The van der Waals surface area contributed by atoms with Crippen LogP contribution < -0.4 is 15.4 Å². The van der Waals surface area contributed by atoms with Gasteiger partial charge < -0.3 is 15.4 Å². The zero-order chi connectivity index (χ0) is 19.6. The first-order valence-corrected chi connectivity index (χ1v) is 7.84. The van der Waals surface area contributed by atoms with E-state index in [1.54, 1.807) is 36.4 Å². The second-order valence-corrected chi connectivity index (χ2v) is 5.63. The Bertz CT molecular complexity index is 1010. The van der Waals surface area contributed by atoms with Crippen molar-refractivity contribution < 1.29 is 22.7 Å². The lowest BCUT2D eigenvalue weighted by atomic mass is 10.2. The van der Waals surface area contributed by atoms with Gasteiger partial charge in [-0.25, -0.2) is 9.97 Å². The number of para-hydroxylation sites is 1. The standard InChI is InChI=1S/C18H15F3N4O2/c1-10(26)22-11-7-8-15(27-2)14(9-11)23-16-12-5-3-4-6-13(12)24-17(25-16)18(19,20)21/h3-9H,1-2H3,(H,22,26)(H,23,24,25). The second-order valence-electron chi connectivity index (χ2n) is 5.63. The molecular formula is C18H15F3N4O2. The number of rotatable bonds is 4. The first kappa shape index (κ1) is 18.4. The van der Waals surface area contributed by atoms with E-state index in [0.29, 0.717) is 22.5 Å². The molecule has 140 valence electrons. The molecule has 0 bridgehead atoms. The molecule has 3 rings (SSSR count). The Hall–Kier alpha value is -3.36. The molecule has 1 aromatic heterocycles. The average molecular weight is 376 g/mol. The van der Waals surface area contributed by atoms with Gasteiger partial charge in [0.1, 0.15) is 11.6 Å². The van der Waals surface area contributed by atoms with E-state index >= 15 is 0 Å². The van der Waals surface area contributed by atoms with Crippen molar-refractivity contribution in [3.05, 3.63) is 48.3 Å². The molecule has 0 atom stereocenters. The predicted octanol–water partition coefficient (Wildman–Crippen LogP) is 4.36. The molecule has 0 spiro atoms. The summed E-state index contributed by atoms with van der Waals surface area (Å²) in [6, 6.07) is 11.1. The summed E-state index contributed by atoms with van der Waals surface area (Å²) in [5, 5.41) is 5.89. The predicted molar refractivity (Wildman–Crippen MR) is 95.1 cm³/mol. The number of carbonyl (C=O) groups excluding carboxylic acids is 1. The molecule has 9 heteroatoms. The molecule has 0 aliphatic heterocycles. The van der Waals surface area contributed by atoms with Gasteiger partial charge in [0.05, 0.1) is 18.3 Å². The van der Waals surface area contributed by atoms with Crippen LogP contribution in [0.1, 0.15) is 12.7 Å². The fraction of sp³-hybridized carbons (Fsp3) is 0.167. The minimum absolute atomic E-state index is 0.0220. The van der Waals surface area contributed by atoms with Gasteiger partial charge in [0, 0.05) is 18.0 Å². The number of halogens is 3. The highest BCUT2D eigenvalue weighted by Gasteiger charge is 2.35. The maximum absolute atomic E-state index is 13.2. The van der Waals surface area contributed by atoms with Crippen molar-refractivity contribution in [1.82, 2.24) is 9.97 Å². The Kier molecular flexibility index (Phi) is 4.85. The van der Waals surface area contributed by atoms with Crippen molar-refractivity contribution in [3.8, 4) is 5.75 Å². The number of hydrogen-bond acceptors (Lipinski definition) is 5. The molecule has 2 aromatic carbocycles. The molecule has 3 aromatic rings. The Morgan fingerprint density at radius 3 is 2.52 bits per heavy atom. The van der Waals surface area contributed by atoms with E-state index in [4.69, 9.17) is 4.74 Å². The van der Waals surface area contributed by atoms with Gasteiger partial charge in [-0.1, -0.05) is 12.1 Å². The molecule has 0 aliphatic rings. The van der Waals surface area contributed by atoms with Gasteiger partial charge in [-0.3, -0.25) is 4.79 Å².